The van der Waals surface area contributed by atoms with Crippen molar-refractivity contribution in [3.05, 3.63) is 36.4 Å². The predicted molar refractivity (Wildman–Crippen MR) is 91.0 cm³/mol. The van der Waals surface area contributed by atoms with Crippen LogP contribution >= 0.6 is 0 Å². The molecule has 2 N–H and O–H groups in total. The lowest BCUT2D eigenvalue weighted by atomic mass is 10.1. The molecule has 0 spiro atoms. The van der Waals surface area contributed by atoms with Gasteiger partial charge in [0.25, 0.3) is 5.91 Å². The number of hydrogen-bond acceptors (Lipinski definition) is 2. The molecule has 0 saturated heterocycles. The molecule has 0 aliphatic rings. The van der Waals surface area contributed by atoms with Gasteiger partial charge in [0.1, 0.15) is 5.75 Å². The van der Waals surface area contributed by atoms with Gasteiger partial charge in [0.15, 0.2) is 6.54 Å². The molecule has 0 heterocycles. The minimum Gasteiger partial charge on any atom is -0.508 e. The summed E-state index contributed by atoms with van der Waals surface area (Å²) in [5, 5.41) is 14.5. The van der Waals surface area contributed by atoms with Gasteiger partial charge in [-0.05, 0) is 30.0 Å². The lowest BCUT2D eigenvalue weighted by Gasteiger charge is -2.29. The van der Waals surface area contributed by atoms with Gasteiger partial charge in [-0.3, -0.25) is 4.79 Å². The smallest absolute Gasteiger partial charge is 0.279 e. The van der Waals surface area contributed by atoms with Crippen molar-refractivity contribution in [1.29, 1.82) is 0 Å². The molecule has 2 rings (SSSR count). The Morgan fingerprint density at radius 2 is 2.00 bits per heavy atom. The largest absolute Gasteiger partial charge is 0.508 e. The van der Waals surface area contributed by atoms with Crippen LogP contribution in [0.5, 0.6) is 5.75 Å². The quantitative estimate of drug-likeness (QED) is 0.804. The molecule has 1 amide bonds. The Hall–Kier alpha value is -2.07. The number of carbonyl (C=O) groups excluding carboxylic acids is 1. The van der Waals surface area contributed by atoms with Gasteiger partial charge in [-0.15, -0.1) is 0 Å². The maximum atomic E-state index is 12.3. The highest BCUT2D eigenvalue weighted by atomic mass is 16.3. The van der Waals surface area contributed by atoms with Crippen molar-refractivity contribution in [3.63, 3.8) is 0 Å². The molecule has 0 bridgehead atoms. The van der Waals surface area contributed by atoms with Crippen LogP contribution in [0.2, 0.25) is 0 Å². The van der Waals surface area contributed by atoms with Crippen LogP contribution in [0.25, 0.3) is 10.8 Å². The second kappa shape index (κ2) is 6.79. The maximum Gasteiger partial charge on any atom is 0.279 e. The van der Waals surface area contributed by atoms with Crippen LogP contribution < -0.4 is 5.32 Å². The molecule has 22 heavy (non-hydrogen) atoms. The zero-order chi connectivity index (χ0) is 16.2. The van der Waals surface area contributed by atoms with E-state index in [2.05, 4.69) is 26.3 Å². The number of hydrogen-bond donors (Lipinski definition) is 2. The number of unbranched alkanes of at least 4 members (excludes halogenated alkanes) is 1. The molecule has 2 aromatic rings. The van der Waals surface area contributed by atoms with Crippen LogP contribution in [0, 0.1) is 0 Å². The van der Waals surface area contributed by atoms with E-state index in [1.165, 1.54) is 0 Å². The summed E-state index contributed by atoms with van der Waals surface area (Å²) < 4.78 is 0.676. The minimum atomic E-state index is -0.00283. The first-order chi connectivity index (χ1) is 10.4. The van der Waals surface area contributed by atoms with Crippen molar-refractivity contribution >= 4 is 22.4 Å². The topological polar surface area (TPSA) is 49.3 Å². The first kappa shape index (κ1) is 16.3. The maximum absolute atomic E-state index is 12.3. The van der Waals surface area contributed by atoms with E-state index < -0.39 is 0 Å². The van der Waals surface area contributed by atoms with Crippen molar-refractivity contribution < 1.29 is 14.4 Å². The Labute approximate surface area is 132 Å². The Morgan fingerprint density at radius 1 is 1.23 bits per heavy atom. The fraction of sp³-hybridized carbons (Fsp3) is 0.389. The Morgan fingerprint density at radius 3 is 2.73 bits per heavy atom. The Kier molecular flexibility index (Phi) is 5.03. The molecule has 0 saturated carbocycles. The number of benzene rings is 2. The van der Waals surface area contributed by atoms with Gasteiger partial charge in [0.2, 0.25) is 0 Å². The summed E-state index contributed by atoms with van der Waals surface area (Å²) in [6, 6.07) is 10.9. The van der Waals surface area contributed by atoms with E-state index in [1.54, 1.807) is 12.1 Å². The van der Waals surface area contributed by atoms with Gasteiger partial charge in [-0.2, -0.15) is 0 Å². The van der Waals surface area contributed by atoms with Crippen LogP contribution in [0.3, 0.4) is 0 Å². The van der Waals surface area contributed by atoms with Crippen LogP contribution in [-0.4, -0.2) is 42.7 Å². The van der Waals surface area contributed by atoms with Crippen molar-refractivity contribution in [3.8, 4) is 5.75 Å². The lowest BCUT2D eigenvalue weighted by molar-refractivity contribution is -0.882. The second-order valence-electron chi connectivity index (χ2n) is 6.43. The summed E-state index contributed by atoms with van der Waals surface area (Å²) in [6.45, 7) is 3.58. The van der Waals surface area contributed by atoms with Gasteiger partial charge in [-0.1, -0.05) is 31.5 Å². The van der Waals surface area contributed by atoms with Crippen molar-refractivity contribution in [2.45, 2.75) is 19.8 Å². The summed E-state index contributed by atoms with van der Waals surface area (Å²) in [4.78, 5) is 12.3. The van der Waals surface area contributed by atoms with Crippen LogP contribution in [0.1, 0.15) is 19.8 Å². The van der Waals surface area contributed by atoms with Crippen LogP contribution in [0.4, 0.5) is 5.69 Å². The Balaban J connectivity index is 2.13. The fourth-order valence-corrected chi connectivity index (χ4v) is 2.61. The number of rotatable bonds is 6. The van der Waals surface area contributed by atoms with E-state index >= 15 is 0 Å². The molecule has 0 aromatic heterocycles. The van der Waals surface area contributed by atoms with Gasteiger partial charge in [0.05, 0.1) is 20.6 Å². The molecule has 0 unspecified atom stereocenters. The lowest BCUT2D eigenvalue weighted by Crippen LogP contribution is -2.46. The number of nitrogens with one attached hydrogen (secondary N) is 1. The first-order valence-electron chi connectivity index (χ1n) is 7.75. The molecular formula is C18H25N2O2+. The molecule has 0 radical (unpaired) electrons. The molecule has 4 heteroatoms. The second-order valence-corrected chi connectivity index (χ2v) is 6.43. The molecule has 0 aliphatic heterocycles. The summed E-state index contributed by atoms with van der Waals surface area (Å²) >= 11 is 0. The predicted octanol–water partition coefficient (Wildman–Crippen LogP) is 3.36. The van der Waals surface area contributed by atoms with Crippen molar-refractivity contribution in [2.75, 3.05) is 32.5 Å². The third-order valence-corrected chi connectivity index (χ3v) is 3.83. The normalized spacial score (nSPS) is 11.6. The number of quaternary nitrogens is 1. The zero-order valence-corrected chi connectivity index (χ0v) is 13.6. The summed E-state index contributed by atoms with van der Waals surface area (Å²) in [6.07, 6.45) is 2.24. The van der Waals surface area contributed by atoms with Gasteiger partial charge in [-0.25, -0.2) is 0 Å². The third kappa shape index (κ3) is 4.21. The molecule has 4 nitrogen and oxygen atoms in total. The van der Waals surface area contributed by atoms with Crippen molar-refractivity contribution in [1.82, 2.24) is 0 Å². The number of likely N-dealkylation sites (N-methyl/N-ethyl adjacent to an activating group) is 1. The SMILES string of the molecule is CCCC[N+](C)(C)CC(=O)Nc1cccc2ccc(O)cc12. The molecule has 118 valence electrons. The van der Waals surface area contributed by atoms with Crippen LogP contribution in [-0.2, 0) is 4.79 Å². The standard InChI is InChI=1S/C18H24N2O2/c1-4-5-11-20(2,3)13-18(22)19-17-8-6-7-14-9-10-15(21)12-16(14)17/h6-10,12H,4-5,11,13H2,1-3H3,(H-,19,21,22)/p+1. The highest BCUT2D eigenvalue weighted by molar-refractivity contribution is 6.02. The summed E-state index contributed by atoms with van der Waals surface area (Å²) in [5.41, 5.74) is 0.744. The van der Waals surface area contributed by atoms with E-state index in [1.807, 2.05) is 24.3 Å². The van der Waals surface area contributed by atoms with E-state index in [0.717, 1.165) is 35.8 Å². The fourth-order valence-electron chi connectivity index (χ4n) is 2.61. The number of aromatic hydroxyl groups is 1. The molecule has 2 aromatic carbocycles. The molecular weight excluding hydrogens is 276 g/mol. The number of anilines is 1. The first-order valence-corrected chi connectivity index (χ1v) is 7.75. The van der Waals surface area contributed by atoms with E-state index in [9.17, 15) is 9.90 Å². The number of fused-ring (bicyclic) bond motifs is 1. The van der Waals surface area contributed by atoms with Gasteiger partial charge in [0, 0.05) is 11.1 Å². The monoisotopic (exact) mass is 301 g/mol. The van der Waals surface area contributed by atoms with Crippen LogP contribution in [0.15, 0.2) is 36.4 Å². The number of nitrogens with zero attached hydrogens (tertiary/aromatic N) is 1. The molecule has 0 fully saturated rings. The van der Waals surface area contributed by atoms with E-state index in [0.29, 0.717) is 11.0 Å². The number of carbonyl (C=O) groups is 1. The zero-order valence-electron chi connectivity index (χ0n) is 13.6. The van der Waals surface area contributed by atoms with E-state index in [-0.39, 0.29) is 11.7 Å². The third-order valence-electron chi connectivity index (χ3n) is 3.83. The van der Waals surface area contributed by atoms with E-state index in [4.69, 9.17) is 0 Å². The average Bonchev–Trinajstić information content (AvgIpc) is 2.45. The van der Waals surface area contributed by atoms with Gasteiger partial charge < -0.3 is 14.9 Å². The number of phenolic OH excluding ortho intramolecular Hbond substituents is 1. The summed E-state index contributed by atoms with van der Waals surface area (Å²) in [5.74, 6) is 0.199. The highest BCUT2D eigenvalue weighted by Crippen LogP contribution is 2.27. The number of amides is 1. The highest BCUT2D eigenvalue weighted by Gasteiger charge is 2.19. The van der Waals surface area contributed by atoms with Gasteiger partial charge >= 0.3 is 0 Å². The molecule has 0 aliphatic carbocycles. The Bertz CT molecular complexity index is 665. The van der Waals surface area contributed by atoms with Crippen molar-refractivity contribution in [2.24, 2.45) is 0 Å². The molecule has 0 atom stereocenters. The number of phenols is 1. The minimum absolute atomic E-state index is 0.00283. The average molecular weight is 301 g/mol. The summed E-state index contributed by atoms with van der Waals surface area (Å²) in [7, 11) is 4.15.